The maximum Gasteiger partial charge on any atom is 0.416 e. The molecule has 0 atom stereocenters. The van der Waals surface area contributed by atoms with Gasteiger partial charge in [-0.1, -0.05) is 25.0 Å². The fraction of sp³-hybridized carbons (Fsp3) is 0.346. The van der Waals surface area contributed by atoms with Crippen LogP contribution in [0.5, 0.6) is 0 Å². The third-order valence-corrected chi connectivity index (χ3v) is 6.76. The van der Waals surface area contributed by atoms with Crippen molar-refractivity contribution >= 4 is 39.8 Å². The second-order valence-electron chi connectivity index (χ2n) is 8.90. The molecule has 1 amide bonds. The highest BCUT2D eigenvalue weighted by Crippen LogP contribution is 2.37. The Morgan fingerprint density at radius 2 is 1.77 bits per heavy atom. The van der Waals surface area contributed by atoms with Crippen molar-refractivity contribution in [1.82, 2.24) is 15.1 Å². The maximum absolute atomic E-state index is 13.5. The van der Waals surface area contributed by atoms with Crippen molar-refractivity contribution in [2.24, 2.45) is 4.99 Å². The van der Waals surface area contributed by atoms with Crippen LogP contribution in [0.25, 0.3) is 17.0 Å². The molecule has 4 rings (SSSR count). The number of unbranched alkanes of at least 4 members (excludes halogenated alkanes) is 3. The van der Waals surface area contributed by atoms with Crippen LogP contribution >= 0.6 is 11.8 Å². The molecule has 1 aliphatic rings. The normalized spacial score (nSPS) is 16.5. The van der Waals surface area contributed by atoms with Crippen LogP contribution in [0.15, 0.2) is 52.5 Å². The number of amidine groups is 1. The number of aromatic nitrogens is 2. The van der Waals surface area contributed by atoms with E-state index in [1.807, 2.05) is 0 Å². The summed E-state index contributed by atoms with van der Waals surface area (Å²) in [4.78, 5) is 17.0. The molecule has 13 heteroatoms. The molecule has 0 spiro atoms. The Bertz CT molecular complexity index is 1410. The van der Waals surface area contributed by atoms with Gasteiger partial charge in [0.05, 0.1) is 28.1 Å². The van der Waals surface area contributed by atoms with Crippen LogP contribution in [0.3, 0.4) is 0 Å². The number of rotatable bonds is 9. The minimum Gasteiger partial charge on any atom is -0.396 e. The van der Waals surface area contributed by atoms with Gasteiger partial charge in [-0.25, -0.2) is 0 Å². The van der Waals surface area contributed by atoms with Gasteiger partial charge in [0.1, 0.15) is 5.84 Å². The molecule has 1 fully saturated rings. The molecule has 0 aliphatic carbocycles. The Hall–Kier alpha value is -3.32. The van der Waals surface area contributed by atoms with Gasteiger partial charge in [-0.2, -0.15) is 31.4 Å². The van der Waals surface area contributed by atoms with E-state index in [0.29, 0.717) is 39.8 Å². The number of nitrogens with one attached hydrogen (secondary N) is 1. The average Bonchev–Trinajstić information content (AvgIpc) is 3.41. The quantitative estimate of drug-likeness (QED) is 0.217. The van der Waals surface area contributed by atoms with E-state index in [9.17, 15) is 31.1 Å². The molecule has 0 saturated carbocycles. The predicted molar refractivity (Wildman–Crippen MR) is 137 cm³/mol. The molecule has 2 N–H and O–H groups in total. The van der Waals surface area contributed by atoms with Gasteiger partial charge in [0, 0.05) is 24.7 Å². The topological polar surface area (TPSA) is 79.5 Å². The lowest BCUT2D eigenvalue weighted by Crippen LogP contribution is -2.19. The number of carbonyl (C=O) groups is 1. The van der Waals surface area contributed by atoms with Crippen LogP contribution in [0, 0.1) is 0 Å². The largest absolute Gasteiger partial charge is 0.416 e. The fourth-order valence-electron chi connectivity index (χ4n) is 4.06. The summed E-state index contributed by atoms with van der Waals surface area (Å²) >= 11 is 0.999. The van der Waals surface area contributed by atoms with Gasteiger partial charge in [0.15, 0.2) is 0 Å². The Balaban J connectivity index is 1.54. The van der Waals surface area contributed by atoms with Crippen molar-refractivity contribution in [3.05, 3.63) is 69.8 Å². The van der Waals surface area contributed by atoms with Gasteiger partial charge < -0.3 is 10.4 Å². The summed E-state index contributed by atoms with van der Waals surface area (Å²) < 4.78 is 80.7. The minimum absolute atomic E-state index is 0.117. The number of alkyl halides is 6. The van der Waals surface area contributed by atoms with E-state index in [4.69, 9.17) is 5.11 Å². The number of aliphatic hydroxyl groups excluding tert-OH is 1. The van der Waals surface area contributed by atoms with Gasteiger partial charge in [0.2, 0.25) is 0 Å². The second kappa shape index (κ2) is 11.8. The van der Waals surface area contributed by atoms with E-state index in [2.05, 4.69) is 15.4 Å². The average molecular weight is 571 g/mol. The molecule has 6 nitrogen and oxygen atoms in total. The molecular weight excluding hydrogens is 546 g/mol. The zero-order valence-electron chi connectivity index (χ0n) is 20.4. The summed E-state index contributed by atoms with van der Waals surface area (Å²) in [7, 11) is 0. The SMILES string of the molecule is O=C1NC(=NCCCCCCO)/C(=C/c2ccc3nn(Cc4ccc(C(F)(F)F)cc4C(F)(F)F)cc3c2)S1. The molecule has 1 aromatic heterocycles. The Kier molecular flexibility index (Phi) is 8.70. The van der Waals surface area contributed by atoms with E-state index < -0.39 is 23.5 Å². The third-order valence-electron chi connectivity index (χ3n) is 5.94. The van der Waals surface area contributed by atoms with Crippen LogP contribution in [0.2, 0.25) is 0 Å². The number of thioether (sulfide) groups is 1. The number of amides is 1. The molecule has 1 saturated heterocycles. The summed E-state index contributed by atoms with van der Waals surface area (Å²) in [6.07, 6.45) is -3.22. The van der Waals surface area contributed by atoms with Gasteiger partial charge in [-0.3, -0.25) is 14.5 Å². The number of halogens is 6. The van der Waals surface area contributed by atoms with Crippen LogP contribution < -0.4 is 5.32 Å². The maximum atomic E-state index is 13.5. The van der Waals surface area contributed by atoms with Crippen LogP contribution in [0.1, 0.15) is 47.9 Å². The highest BCUT2D eigenvalue weighted by Gasteiger charge is 2.38. The molecule has 2 heterocycles. The van der Waals surface area contributed by atoms with Crippen LogP contribution in [-0.2, 0) is 18.9 Å². The fourth-order valence-corrected chi connectivity index (χ4v) is 4.82. The van der Waals surface area contributed by atoms with E-state index in [1.54, 1.807) is 24.3 Å². The number of benzene rings is 2. The van der Waals surface area contributed by atoms with Crippen molar-refractivity contribution in [1.29, 1.82) is 0 Å². The number of hydrogen-bond donors (Lipinski definition) is 2. The Morgan fingerprint density at radius 1 is 1.00 bits per heavy atom. The van der Waals surface area contributed by atoms with E-state index in [0.717, 1.165) is 43.5 Å². The molecule has 39 heavy (non-hydrogen) atoms. The minimum atomic E-state index is -4.97. The highest BCUT2D eigenvalue weighted by molar-refractivity contribution is 8.18. The van der Waals surface area contributed by atoms with Crippen molar-refractivity contribution in [2.45, 2.75) is 44.6 Å². The van der Waals surface area contributed by atoms with Crippen molar-refractivity contribution in [3.63, 3.8) is 0 Å². The molecule has 1 aliphatic heterocycles. The number of hydrogen-bond acceptors (Lipinski definition) is 5. The van der Waals surface area contributed by atoms with E-state index >= 15 is 0 Å². The molecule has 0 unspecified atom stereocenters. The number of aliphatic hydroxyl groups is 1. The molecule has 208 valence electrons. The first-order valence-electron chi connectivity index (χ1n) is 12.0. The first-order chi connectivity index (χ1) is 18.4. The lowest BCUT2D eigenvalue weighted by Gasteiger charge is -2.16. The molecular formula is C26H24F6N4O2S. The van der Waals surface area contributed by atoms with Crippen molar-refractivity contribution < 1.29 is 36.2 Å². The highest BCUT2D eigenvalue weighted by atomic mass is 32.2. The summed E-state index contributed by atoms with van der Waals surface area (Å²) in [5.74, 6) is 0.463. The smallest absolute Gasteiger partial charge is 0.396 e. The first-order valence-corrected chi connectivity index (χ1v) is 12.9. The van der Waals surface area contributed by atoms with Crippen LogP contribution in [-0.4, -0.2) is 39.1 Å². The van der Waals surface area contributed by atoms with E-state index in [-0.39, 0.29) is 30.0 Å². The summed E-state index contributed by atoms with van der Waals surface area (Å²) in [6.45, 7) is 0.303. The summed E-state index contributed by atoms with van der Waals surface area (Å²) in [5.41, 5.74) is -1.87. The summed E-state index contributed by atoms with van der Waals surface area (Å²) in [5, 5.41) is 16.2. The zero-order chi connectivity index (χ0) is 28.2. The monoisotopic (exact) mass is 570 g/mol. The lowest BCUT2D eigenvalue weighted by molar-refractivity contribution is -0.143. The first kappa shape index (κ1) is 28.7. The molecule has 3 aromatic rings. The van der Waals surface area contributed by atoms with Gasteiger partial charge >= 0.3 is 12.4 Å². The van der Waals surface area contributed by atoms with Crippen molar-refractivity contribution in [2.75, 3.05) is 13.2 Å². The van der Waals surface area contributed by atoms with Crippen molar-refractivity contribution in [3.8, 4) is 0 Å². The Morgan fingerprint density at radius 3 is 2.49 bits per heavy atom. The predicted octanol–water partition coefficient (Wildman–Crippen LogP) is 6.87. The summed E-state index contributed by atoms with van der Waals surface area (Å²) in [6, 6.07) is 6.72. The number of nitrogens with zero attached hydrogens (tertiary/aromatic N) is 3. The number of aliphatic imine (C=N–C) groups is 1. The van der Waals surface area contributed by atoms with Crippen LogP contribution in [0.4, 0.5) is 31.1 Å². The number of fused-ring (bicyclic) bond motifs is 1. The zero-order valence-corrected chi connectivity index (χ0v) is 21.3. The molecule has 2 aromatic carbocycles. The third kappa shape index (κ3) is 7.41. The van der Waals surface area contributed by atoms with Gasteiger partial charge in [0.25, 0.3) is 5.24 Å². The molecule has 0 bridgehead atoms. The number of carbonyl (C=O) groups excluding carboxylic acids is 1. The lowest BCUT2D eigenvalue weighted by atomic mass is 10.0. The standard InChI is InChI=1S/C26H24F6N4O2S/c27-25(28,29)19-7-6-17(20(13-19)26(30,31)32)14-36-15-18-11-16(5-8-21(18)35-36)12-22-23(34-24(38)39-22)33-9-3-1-2-4-10-37/h5-8,11-13,15,37H,1-4,9-10,14H2,(H,33,34,38)/b22-12-. The Labute approximate surface area is 223 Å². The van der Waals surface area contributed by atoms with Gasteiger partial charge in [-0.15, -0.1) is 0 Å². The second-order valence-corrected chi connectivity index (χ2v) is 9.92. The molecule has 0 radical (unpaired) electrons. The van der Waals surface area contributed by atoms with Gasteiger partial charge in [-0.05, 0) is 66.1 Å². The van der Waals surface area contributed by atoms with E-state index in [1.165, 1.54) is 10.9 Å².